The fraction of sp³-hybridized carbons (Fsp3) is 0.533. The Kier molecular flexibility index (Phi) is 6.10. The van der Waals surface area contributed by atoms with Crippen LogP contribution in [0.5, 0.6) is 0 Å². The number of nitrogens with one attached hydrogen (secondary N) is 1. The summed E-state index contributed by atoms with van der Waals surface area (Å²) in [4.78, 5) is 6.52. The average Bonchev–Trinajstić information content (AvgIpc) is 3.05. The highest BCUT2D eigenvalue weighted by Crippen LogP contribution is 2.29. The van der Waals surface area contributed by atoms with Crippen LogP contribution in [0.2, 0.25) is 0 Å². The molecule has 2 atom stereocenters. The number of nitrogens with zero attached hydrogens (tertiary/aromatic N) is 2. The number of halogens is 1. The first kappa shape index (κ1) is 16.3. The van der Waals surface area contributed by atoms with Crippen molar-refractivity contribution >= 4 is 29.9 Å². The van der Waals surface area contributed by atoms with E-state index < -0.39 is 0 Å². The van der Waals surface area contributed by atoms with Gasteiger partial charge in [0, 0.05) is 26.7 Å². The zero-order valence-electron chi connectivity index (χ0n) is 12.2. The molecule has 0 aliphatic heterocycles. The maximum atomic E-state index is 4.35. The molecule has 0 saturated heterocycles. The van der Waals surface area contributed by atoms with Gasteiger partial charge in [0.15, 0.2) is 5.96 Å². The molecule has 2 unspecified atom stereocenters. The van der Waals surface area contributed by atoms with Gasteiger partial charge in [0.2, 0.25) is 0 Å². The standard InChI is InChI=1S/C15H23N3.HI/c1-11-5-7-13(8-6-11)10-18(4)15(16-3)17-14-9-12(14)2;/h5-8,12,14H,9-10H2,1-4H3,(H,16,17);1H. The Balaban J connectivity index is 0.00000180. The molecule has 2 rings (SSSR count). The molecule has 4 heteroatoms. The van der Waals surface area contributed by atoms with Crippen molar-refractivity contribution in [1.82, 2.24) is 10.2 Å². The number of aryl methyl sites for hydroxylation is 1. The zero-order valence-corrected chi connectivity index (χ0v) is 14.5. The van der Waals surface area contributed by atoms with Gasteiger partial charge in [0.1, 0.15) is 0 Å². The van der Waals surface area contributed by atoms with Crippen LogP contribution in [0.4, 0.5) is 0 Å². The molecule has 106 valence electrons. The minimum Gasteiger partial charge on any atom is -0.353 e. The Bertz CT molecular complexity index is 428. The Hall–Kier alpha value is -0.780. The van der Waals surface area contributed by atoms with Crippen molar-refractivity contribution in [1.29, 1.82) is 0 Å². The topological polar surface area (TPSA) is 27.6 Å². The smallest absolute Gasteiger partial charge is 0.193 e. The fourth-order valence-corrected chi connectivity index (χ4v) is 2.08. The first-order valence-corrected chi connectivity index (χ1v) is 6.60. The highest BCUT2D eigenvalue weighted by atomic mass is 127. The summed E-state index contributed by atoms with van der Waals surface area (Å²) in [6.07, 6.45) is 1.26. The minimum absolute atomic E-state index is 0. The van der Waals surface area contributed by atoms with Gasteiger partial charge in [-0.1, -0.05) is 36.8 Å². The normalized spacial score (nSPS) is 21.6. The summed E-state index contributed by atoms with van der Waals surface area (Å²) < 4.78 is 0. The summed E-state index contributed by atoms with van der Waals surface area (Å²) in [5.41, 5.74) is 2.62. The Morgan fingerprint density at radius 1 is 1.37 bits per heavy atom. The summed E-state index contributed by atoms with van der Waals surface area (Å²) in [5.74, 6) is 1.78. The van der Waals surface area contributed by atoms with Crippen LogP contribution < -0.4 is 5.32 Å². The second-order valence-electron chi connectivity index (χ2n) is 5.35. The lowest BCUT2D eigenvalue weighted by Crippen LogP contribution is -2.40. The minimum atomic E-state index is 0. The molecule has 19 heavy (non-hydrogen) atoms. The molecular weight excluding hydrogens is 349 g/mol. The summed E-state index contributed by atoms with van der Waals surface area (Å²) in [5, 5.41) is 3.50. The molecule has 1 N–H and O–H groups in total. The van der Waals surface area contributed by atoms with Crippen LogP contribution in [0.15, 0.2) is 29.3 Å². The predicted octanol–water partition coefficient (Wildman–Crippen LogP) is 3.03. The Labute approximate surface area is 133 Å². The molecule has 3 nitrogen and oxygen atoms in total. The molecule has 0 amide bonds. The first-order valence-electron chi connectivity index (χ1n) is 6.60. The molecule has 1 aromatic rings. The molecule has 0 radical (unpaired) electrons. The van der Waals surface area contributed by atoms with Crippen molar-refractivity contribution in [2.24, 2.45) is 10.9 Å². The van der Waals surface area contributed by atoms with Gasteiger partial charge in [0.05, 0.1) is 0 Å². The zero-order chi connectivity index (χ0) is 13.1. The van der Waals surface area contributed by atoms with Gasteiger partial charge >= 0.3 is 0 Å². The van der Waals surface area contributed by atoms with Gasteiger partial charge in [-0.2, -0.15) is 0 Å². The number of rotatable bonds is 3. The fourth-order valence-electron chi connectivity index (χ4n) is 2.08. The number of hydrogen-bond acceptors (Lipinski definition) is 1. The molecule has 0 aromatic heterocycles. The first-order chi connectivity index (χ1) is 8.60. The van der Waals surface area contributed by atoms with Crippen LogP contribution in [0.25, 0.3) is 0 Å². The predicted molar refractivity (Wildman–Crippen MR) is 92.1 cm³/mol. The van der Waals surface area contributed by atoms with E-state index in [1.807, 2.05) is 7.05 Å². The third-order valence-corrected chi connectivity index (χ3v) is 3.54. The molecule has 1 aliphatic rings. The third-order valence-electron chi connectivity index (χ3n) is 3.54. The summed E-state index contributed by atoms with van der Waals surface area (Å²) in [6, 6.07) is 9.28. The lowest BCUT2D eigenvalue weighted by Gasteiger charge is -2.22. The van der Waals surface area contributed by atoms with E-state index in [1.165, 1.54) is 17.5 Å². The van der Waals surface area contributed by atoms with E-state index in [9.17, 15) is 0 Å². The van der Waals surface area contributed by atoms with Crippen LogP contribution in [0, 0.1) is 12.8 Å². The van der Waals surface area contributed by atoms with E-state index >= 15 is 0 Å². The Morgan fingerprint density at radius 2 is 1.95 bits per heavy atom. The quantitative estimate of drug-likeness (QED) is 0.501. The van der Waals surface area contributed by atoms with E-state index in [0.717, 1.165) is 18.4 Å². The number of aliphatic imine (C=N–C) groups is 1. The lowest BCUT2D eigenvalue weighted by molar-refractivity contribution is 0.474. The van der Waals surface area contributed by atoms with Gasteiger partial charge in [-0.05, 0) is 24.8 Å². The molecule has 1 saturated carbocycles. The van der Waals surface area contributed by atoms with E-state index in [0.29, 0.717) is 6.04 Å². The monoisotopic (exact) mass is 373 g/mol. The van der Waals surface area contributed by atoms with Gasteiger partial charge in [-0.15, -0.1) is 24.0 Å². The van der Waals surface area contributed by atoms with Crippen LogP contribution in [-0.4, -0.2) is 31.0 Å². The number of guanidine groups is 1. The van der Waals surface area contributed by atoms with E-state index in [1.54, 1.807) is 0 Å². The summed E-state index contributed by atoms with van der Waals surface area (Å²) >= 11 is 0. The van der Waals surface area contributed by atoms with Gasteiger partial charge in [0.25, 0.3) is 0 Å². The third kappa shape index (κ3) is 4.67. The van der Waals surface area contributed by atoms with Crippen molar-refractivity contribution in [2.45, 2.75) is 32.9 Å². The van der Waals surface area contributed by atoms with Crippen molar-refractivity contribution in [2.75, 3.05) is 14.1 Å². The highest BCUT2D eigenvalue weighted by Gasteiger charge is 2.33. The van der Waals surface area contributed by atoms with Crippen LogP contribution >= 0.6 is 24.0 Å². The summed E-state index contributed by atoms with van der Waals surface area (Å²) in [6.45, 7) is 5.27. The van der Waals surface area contributed by atoms with Crippen LogP contribution in [-0.2, 0) is 6.54 Å². The second kappa shape index (κ2) is 7.12. The molecule has 1 fully saturated rings. The van der Waals surface area contributed by atoms with Crippen LogP contribution in [0.3, 0.4) is 0 Å². The molecule has 1 aliphatic carbocycles. The van der Waals surface area contributed by atoms with Gasteiger partial charge in [-0.25, -0.2) is 0 Å². The SMILES string of the molecule is CN=C(NC1CC1C)N(C)Cc1ccc(C)cc1.I. The van der Waals surface area contributed by atoms with Gasteiger partial charge in [-0.3, -0.25) is 4.99 Å². The van der Waals surface area contributed by atoms with Crippen molar-refractivity contribution in [3.8, 4) is 0 Å². The maximum absolute atomic E-state index is 4.35. The molecular formula is C15H24IN3. The highest BCUT2D eigenvalue weighted by molar-refractivity contribution is 14.0. The lowest BCUT2D eigenvalue weighted by atomic mass is 10.1. The molecule has 0 bridgehead atoms. The van der Waals surface area contributed by atoms with E-state index in [2.05, 4.69) is 60.4 Å². The maximum Gasteiger partial charge on any atom is 0.193 e. The van der Waals surface area contributed by atoms with Crippen molar-refractivity contribution in [3.05, 3.63) is 35.4 Å². The average molecular weight is 373 g/mol. The van der Waals surface area contributed by atoms with Crippen molar-refractivity contribution in [3.63, 3.8) is 0 Å². The van der Waals surface area contributed by atoms with Gasteiger partial charge < -0.3 is 10.2 Å². The molecule has 1 aromatic carbocycles. The molecule has 0 spiro atoms. The largest absolute Gasteiger partial charge is 0.353 e. The number of hydrogen-bond donors (Lipinski definition) is 1. The van der Waals surface area contributed by atoms with Crippen molar-refractivity contribution < 1.29 is 0 Å². The van der Waals surface area contributed by atoms with Crippen LogP contribution in [0.1, 0.15) is 24.5 Å². The van der Waals surface area contributed by atoms with E-state index in [-0.39, 0.29) is 24.0 Å². The molecule has 0 heterocycles. The second-order valence-corrected chi connectivity index (χ2v) is 5.35. The van der Waals surface area contributed by atoms with E-state index in [4.69, 9.17) is 0 Å². The Morgan fingerprint density at radius 3 is 2.42 bits per heavy atom. The summed E-state index contributed by atoms with van der Waals surface area (Å²) in [7, 11) is 3.93. The number of benzene rings is 1.